The molecule has 97 valence electrons. The Labute approximate surface area is 117 Å². The van der Waals surface area contributed by atoms with Crippen LogP contribution >= 0.6 is 0 Å². The van der Waals surface area contributed by atoms with Gasteiger partial charge in [0.2, 0.25) is 0 Å². The van der Waals surface area contributed by atoms with Gasteiger partial charge >= 0.3 is 0 Å². The molecule has 2 heteroatoms. The van der Waals surface area contributed by atoms with E-state index in [1.54, 1.807) is 0 Å². The average molecular weight is 259 g/mol. The Kier molecular flexibility index (Phi) is 2.27. The first-order valence-electron chi connectivity index (χ1n) is 6.81. The molecule has 2 nitrogen and oxygen atoms in total. The van der Waals surface area contributed by atoms with Gasteiger partial charge in [-0.3, -0.25) is 0 Å². The quantitative estimate of drug-likeness (QED) is 0.495. The van der Waals surface area contributed by atoms with Crippen LogP contribution in [-0.4, -0.2) is 9.97 Å². The molecule has 2 aromatic heterocycles. The van der Waals surface area contributed by atoms with Crippen LogP contribution in [0, 0.1) is 19.9 Å². The van der Waals surface area contributed by atoms with Crippen molar-refractivity contribution in [1.82, 2.24) is 9.97 Å². The number of fused-ring (bicyclic) bond motifs is 2. The summed E-state index contributed by atoms with van der Waals surface area (Å²) in [6.07, 6.45) is 2.06. The van der Waals surface area contributed by atoms with Gasteiger partial charge in [-0.05, 0) is 37.6 Å². The van der Waals surface area contributed by atoms with Gasteiger partial charge in [0.15, 0.2) is 0 Å². The Balaban J connectivity index is 2.01. The lowest BCUT2D eigenvalue weighted by Crippen LogP contribution is -1.78. The molecule has 0 saturated heterocycles. The summed E-state index contributed by atoms with van der Waals surface area (Å²) in [6.45, 7) is 4.25. The van der Waals surface area contributed by atoms with Crippen molar-refractivity contribution < 1.29 is 0 Å². The maximum absolute atomic E-state index is 3.48. The van der Waals surface area contributed by atoms with Crippen LogP contribution in [0.5, 0.6) is 0 Å². The number of nitrogens with one attached hydrogen (secondary N) is 2. The maximum Gasteiger partial charge on any atom is 0.0567 e. The summed E-state index contributed by atoms with van der Waals surface area (Å²) in [5, 5.41) is 2.41. The van der Waals surface area contributed by atoms with Gasteiger partial charge in [-0.1, -0.05) is 23.8 Å². The molecule has 0 aliphatic heterocycles. The zero-order chi connectivity index (χ0) is 13.7. The summed E-state index contributed by atoms with van der Waals surface area (Å²) in [4.78, 5) is 6.81. The van der Waals surface area contributed by atoms with Crippen LogP contribution in [0.2, 0.25) is 0 Å². The highest BCUT2D eigenvalue weighted by molar-refractivity contribution is 5.99. The molecule has 0 bridgehead atoms. The smallest absolute Gasteiger partial charge is 0.0567 e. The third-order valence-electron chi connectivity index (χ3n) is 3.88. The Morgan fingerprint density at radius 3 is 2.80 bits per heavy atom. The topological polar surface area (TPSA) is 31.6 Å². The van der Waals surface area contributed by atoms with E-state index in [2.05, 4.69) is 72.5 Å². The van der Waals surface area contributed by atoms with Crippen LogP contribution in [0.3, 0.4) is 0 Å². The predicted molar refractivity (Wildman–Crippen MR) is 83.9 cm³/mol. The molecule has 0 spiro atoms. The van der Waals surface area contributed by atoms with Gasteiger partial charge in [0.25, 0.3) is 0 Å². The van der Waals surface area contributed by atoms with E-state index < -0.39 is 0 Å². The fraction of sp³-hybridized carbons (Fsp3) is 0.111. The lowest BCUT2D eigenvalue weighted by atomic mass is 10.1. The molecule has 0 aliphatic rings. The fourth-order valence-corrected chi connectivity index (χ4v) is 2.87. The Morgan fingerprint density at radius 1 is 1.00 bits per heavy atom. The molecule has 2 heterocycles. The first kappa shape index (κ1) is 11.4. The molecule has 0 amide bonds. The molecule has 0 aliphatic carbocycles. The van der Waals surface area contributed by atoms with Crippen LogP contribution in [0.4, 0.5) is 0 Å². The lowest BCUT2D eigenvalue weighted by molar-refractivity contribution is 1.43. The molecule has 2 aromatic carbocycles. The highest BCUT2D eigenvalue weighted by Gasteiger charge is 2.11. The number of aromatic nitrogens is 2. The van der Waals surface area contributed by atoms with Gasteiger partial charge in [-0.15, -0.1) is 0 Å². The second-order valence-corrected chi connectivity index (χ2v) is 5.37. The fourth-order valence-electron chi connectivity index (χ4n) is 2.87. The number of H-pyrrole nitrogens is 2. The van der Waals surface area contributed by atoms with Crippen molar-refractivity contribution in [2.24, 2.45) is 0 Å². The molecule has 4 rings (SSSR count). The summed E-state index contributed by atoms with van der Waals surface area (Å²) in [6, 6.07) is 16.2. The zero-order valence-corrected chi connectivity index (χ0v) is 11.5. The van der Waals surface area contributed by atoms with E-state index >= 15 is 0 Å². The number of aryl methyl sites for hydroxylation is 2. The minimum atomic E-state index is 1.05. The highest BCUT2D eigenvalue weighted by atomic mass is 14.7. The van der Waals surface area contributed by atoms with E-state index in [4.69, 9.17) is 0 Å². The maximum atomic E-state index is 3.48. The number of rotatable bonds is 1. The molecule has 0 unspecified atom stereocenters. The number of aromatic amines is 2. The highest BCUT2D eigenvalue weighted by Crippen LogP contribution is 2.32. The first-order valence-corrected chi connectivity index (χ1v) is 6.81. The molecular formula is C18H15N2. The molecule has 0 atom stereocenters. The van der Waals surface area contributed by atoms with Crippen molar-refractivity contribution in [1.29, 1.82) is 0 Å². The molecule has 0 saturated carbocycles. The average Bonchev–Trinajstić information content (AvgIpc) is 3.01. The molecule has 20 heavy (non-hydrogen) atoms. The summed E-state index contributed by atoms with van der Waals surface area (Å²) < 4.78 is 0. The van der Waals surface area contributed by atoms with E-state index in [0.29, 0.717) is 0 Å². The number of benzene rings is 2. The van der Waals surface area contributed by atoms with E-state index in [1.807, 2.05) is 0 Å². The van der Waals surface area contributed by atoms with Gasteiger partial charge < -0.3 is 9.97 Å². The van der Waals surface area contributed by atoms with Gasteiger partial charge in [0.05, 0.1) is 5.69 Å². The molecule has 1 radical (unpaired) electrons. The van der Waals surface area contributed by atoms with Crippen LogP contribution < -0.4 is 0 Å². The van der Waals surface area contributed by atoms with Crippen molar-refractivity contribution in [3.8, 4) is 11.3 Å². The van der Waals surface area contributed by atoms with Gasteiger partial charge in [0, 0.05) is 39.6 Å². The van der Waals surface area contributed by atoms with E-state index in [-0.39, 0.29) is 0 Å². The van der Waals surface area contributed by atoms with Crippen molar-refractivity contribution in [2.75, 3.05) is 0 Å². The second-order valence-electron chi connectivity index (χ2n) is 5.37. The van der Waals surface area contributed by atoms with Crippen LogP contribution in [0.25, 0.3) is 33.1 Å². The van der Waals surface area contributed by atoms with E-state index in [9.17, 15) is 0 Å². The van der Waals surface area contributed by atoms with Crippen molar-refractivity contribution in [2.45, 2.75) is 13.8 Å². The molecule has 0 fully saturated rings. The standard InChI is InChI=1S/C18H15N2/c1-11-6-7-15-13(8-11)9-17(20-15)14-10-19-16-5-3-4-12(2)18(14)16/h3-8,10,19-20H,1-2H3. The summed E-state index contributed by atoms with van der Waals surface area (Å²) in [5.41, 5.74) is 7.08. The third-order valence-corrected chi connectivity index (χ3v) is 3.88. The van der Waals surface area contributed by atoms with E-state index in [1.165, 1.54) is 27.6 Å². The minimum absolute atomic E-state index is 1.05. The third kappa shape index (κ3) is 1.58. The molecule has 2 N–H and O–H groups in total. The monoisotopic (exact) mass is 259 g/mol. The van der Waals surface area contributed by atoms with Crippen molar-refractivity contribution in [3.63, 3.8) is 0 Å². The number of hydrogen-bond acceptors (Lipinski definition) is 0. The van der Waals surface area contributed by atoms with Crippen LogP contribution in [0.1, 0.15) is 11.1 Å². The summed E-state index contributed by atoms with van der Waals surface area (Å²) in [7, 11) is 0. The largest absolute Gasteiger partial charge is 0.360 e. The Morgan fingerprint density at radius 2 is 1.90 bits per heavy atom. The zero-order valence-electron chi connectivity index (χ0n) is 11.5. The lowest BCUT2D eigenvalue weighted by Gasteiger charge is -1.99. The van der Waals surface area contributed by atoms with Crippen molar-refractivity contribution >= 4 is 21.8 Å². The predicted octanol–water partition coefficient (Wildman–Crippen LogP) is 4.73. The minimum Gasteiger partial charge on any atom is -0.360 e. The Bertz CT molecular complexity index is 925. The van der Waals surface area contributed by atoms with Gasteiger partial charge in [-0.25, -0.2) is 0 Å². The van der Waals surface area contributed by atoms with Crippen LogP contribution in [0.15, 0.2) is 42.6 Å². The molecular weight excluding hydrogens is 244 g/mol. The summed E-state index contributed by atoms with van der Waals surface area (Å²) >= 11 is 0. The summed E-state index contributed by atoms with van der Waals surface area (Å²) in [5.74, 6) is 0. The number of hydrogen-bond donors (Lipinski definition) is 2. The SMILES string of the molecule is Cc1ccc2[nH]c(-c3c[nH]c4cccc(C)c34)[c]c2c1. The second kappa shape index (κ2) is 4.01. The van der Waals surface area contributed by atoms with E-state index in [0.717, 1.165) is 16.6 Å². The molecule has 4 aromatic rings. The Hall–Kier alpha value is -2.48. The van der Waals surface area contributed by atoms with Crippen molar-refractivity contribution in [3.05, 3.63) is 59.8 Å². The van der Waals surface area contributed by atoms with Gasteiger partial charge in [0.1, 0.15) is 0 Å². The normalized spacial score (nSPS) is 11.5. The van der Waals surface area contributed by atoms with Gasteiger partial charge in [-0.2, -0.15) is 0 Å². The first-order chi connectivity index (χ1) is 9.72. The van der Waals surface area contributed by atoms with Crippen LogP contribution in [-0.2, 0) is 0 Å².